The molecule has 0 aliphatic rings. The van der Waals surface area contributed by atoms with Gasteiger partial charge in [-0.15, -0.1) is 0 Å². The van der Waals surface area contributed by atoms with Crippen molar-refractivity contribution in [2.45, 2.75) is 32.4 Å². The summed E-state index contributed by atoms with van der Waals surface area (Å²) in [6, 6.07) is 0. The average Bonchev–Trinajstić information content (AvgIpc) is 2.13. The van der Waals surface area contributed by atoms with Gasteiger partial charge in [0.05, 0.1) is 4.75 Å². The number of aromatic nitrogens is 2. The van der Waals surface area contributed by atoms with Crippen LogP contribution in [0.25, 0.3) is 0 Å². The first-order chi connectivity index (χ1) is 6.38. The largest absolute Gasteiger partial charge is 0.383 e. The number of nitrogens with zero attached hydrogens (tertiary/aromatic N) is 2. The zero-order valence-electron chi connectivity index (χ0n) is 9.38. The molecule has 0 amide bonds. The lowest BCUT2D eigenvalue weighted by Gasteiger charge is -2.21. The second-order valence-electron chi connectivity index (χ2n) is 3.86. The summed E-state index contributed by atoms with van der Waals surface area (Å²) in [5.41, 5.74) is 7.76. The molecule has 1 heterocycles. The highest BCUT2D eigenvalue weighted by Crippen LogP contribution is 2.31. The number of hydrogen-bond acceptors (Lipinski definition) is 4. The van der Waals surface area contributed by atoms with Gasteiger partial charge in [0, 0.05) is 11.3 Å². The molecule has 0 bridgehead atoms. The molecule has 1 rings (SSSR count). The standard InChI is InChI=1S/C10H17N3S/c1-6-7(2)12-9(13-8(6)11)10(3,4)14-5/h1-5H3,(H2,11,12,13). The molecule has 2 N–H and O–H groups in total. The Balaban J connectivity index is 3.26. The Morgan fingerprint density at radius 1 is 1.21 bits per heavy atom. The molecule has 0 saturated carbocycles. The molecule has 78 valence electrons. The molecule has 0 atom stereocenters. The number of nitrogens with two attached hydrogens (primary N) is 1. The van der Waals surface area contributed by atoms with E-state index in [1.807, 2.05) is 13.8 Å². The van der Waals surface area contributed by atoms with Crippen LogP contribution in [0.3, 0.4) is 0 Å². The molecule has 0 aliphatic heterocycles. The van der Waals surface area contributed by atoms with Gasteiger partial charge in [0.2, 0.25) is 0 Å². The third kappa shape index (κ3) is 2.00. The van der Waals surface area contributed by atoms with Crippen molar-refractivity contribution >= 4 is 17.6 Å². The summed E-state index contributed by atoms with van der Waals surface area (Å²) in [6.45, 7) is 8.11. The lowest BCUT2D eigenvalue weighted by Crippen LogP contribution is -2.18. The monoisotopic (exact) mass is 211 g/mol. The Morgan fingerprint density at radius 3 is 2.21 bits per heavy atom. The minimum atomic E-state index is -0.0768. The number of rotatable bonds is 2. The van der Waals surface area contributed by atoms with Gasteiger partial charge < -0.3 is 5.73 Å². The zero-order valence-corrected chi connectivity index (χ0v) is 10.2. The number of hydrogen-bond donors (Lipinski definition) is 1. The summed E-state index contributed by atoms with van der Waals surface area (Å²) in [5.74, 6) is 1.40. The second kappa shape index (κ2) is 3.77. The van der Waals surface area contributed by atoms with Crippen molar-refractivity contribution < 1.29 is 0 Å². The molecular formula is C10H17N3S. The van der Waals surface area contributed by atoms with Crippen molar-refractivity contribution in [3.05, 3.63) is 17.1 Å². The average molecular weight is 211 g/mol. The molecule has 0 aromatic carbocycles. The molecule has 0 fully saturated rings. The topological polar surface area (TPSA) is 51.8 Å². The van der Waals surface area contributed by atoms with Gasteiger partial charge in [-0.05, 0) is 34.0 Å². The molecule has 14 heavy (non-hydrogen) atoms. The molecule has 0 saturated heterocycles. The molecule has 0 aliphatic carbocycles. The van der Waals surface area contributed by atoms with Crippen LogP contribution in [0.2, 0.25) is 0 Å². The van der Waals surface area contributed by atoms with Gasteiger partial charge in [0.15, 0.2) is 0 Å². The maximum Gasteiger partial charge on any atom is 0.146 e. The van der Waals surface area contributed by atoms with E-state index in [1.54, 1.807) is 11.8 Å². The zero-order chi connectivity index (χ0) is 10.9. The quantitative estimate of drug-likeness (QED) is 0.815. The first kappa shape index (κ1) is 11.3. The fraction of sp³-hybridized carbons (Fsp3) is 0.600. The lowest BCUT2D eigenvalue weighted by atomic mass is 10.1. The first-order valence-electron chi connectivity index (χ1n) is 4.55. The van der Waals surface area contributed by atoms with Crippen LogP contribution in [0.4, 0.5) is 5.82 Å². The van der Waals surface area contributed by atoms with Gasteiger partial charge in [-0.3, -0.25) is 0 Å². The lowest BCUT2D eigenvalue weighted by molar-refractivity contribution is 0.704. The van der Waals surface area contributed by atoms with Crippen LogP contribution in [0.5, 0.6) is 0 Å². The van der Waals surface area contributed by atoms with Crippen molar-refractivity contribution in [1.82, 2.24) is 9.97 Å². The van der Waals surface area contributed by atoms with Crippen molar-refractivity contribution in [3.8, 4) is 0 Å². The van der Waals surface area contributed by atoms with E-state index in [0.29, 0.717) is 5.82 Å². The van der Waals surface area contributed by atoms with Crippen molar-refractivity contribution in [1.29, 1.82) is 0 Å². The fourth-order valence-electron chi connectivity index (χ4n) is 1.01. The predicted molar refractivity (Wildman–Crippen MR) is 62.5 cm³/mol. The minimum absolute atomic E-state index is 0.0768. The molecular weight excluding hydrogens is 194 g/mol. The van der Waals surface area contributed by atoms with E-state index in [2.05, 4.69) is 30.1 Å². The highest BCUT2D eigenvalue weighted by molar-refractivity contribution is 7.99. The van der Waals surface area contributed by atoms with Crippen LogP contribution in [0, 0.1) is 13.8 Å². The van der Waals surface area contributed by atoms with E-state index in [-0.39, 0.29) is 4.75 Å². The highest BCUT2D eigenvalue weighted by atomic mass is 32.2. The Bertz CT molecular complexity index is 324. The second-order valence-corrected chi connectivity index (χ2v) is 5.29. The van der Waals surface area contributed by atoms with E-state index >= 15 is 0 Å². The Hall–Kier alpha value is -0.770. The number of anilines is 1. The van der Waals surface area contributed by atoms with Crippen LogP contribution >= 0.6 is 11.8 Å². The Kier molecular flexibility index (Phi) is 3.04. The SMILES string of the molecule is CSC(C)(C)c1nc(C)c(C)c(N)n1. The van der Waals surface area contributed by atoms with Crippen LogP contribution in [0.15, 0.2) is 0 Å². The Labute approximate surface area is 89.5 Å². The van der Waals surface area contributed by atoms with Crippen LogP contribution in [0.1, 0.15) is 30.9 Å². The molecule has 3 nitrogen and oxygen atoms in total. The van der Waals surface area contributed by atoms with Crippen molar-refractivity contribution in [2.75, 3.05) is 12.0 Å². The third-order valence-corrected chi connectivity index (χ3v) is 3.68. The first-order valence-corrected chi connectivity index (χ1v) is 5.77. The molecule has 0 radical (unpaired) electrons. The summed E-state index contributed by atoms with van der Waals surface area (Å²) in [5, 5.41) is 0. The van der Waals surface area contributed by atoms with E-state index in [0.717, 1.165) is 17.1 Å². The summed E-state index contributed by atoms with van der Waals surface area (Å²) < 4.78 is -0.0768. The van der Waals surface area contributed by atoms with Gasteiger partial charge in [0.25, 0.3) is 0 Å². The molecule has 1 aromatic heterocycles. The Morgan fingerprint density at radius 2 is 1.79 bits per heavy atom. The normalized spacial score (nSPS) is 11.8. The number of aryl methyl sites for hydroxylation is 1. The van der Waals surface area contributed by atoms with Crippen molar-refractivity contribution in [2.24, 2.45) is 0 Å². The maximum atomic E-state index is 5.81. The minimum Gasteiger partial charge on any atom is -0.383 e. The third-order valence-electron chi connectivity index (χ3n) is 2.48. The predicted octanol–water partition coefficient (Wildman–Crippen LogP) is 2.27. The van der Waals surface area contributed by atoms with Gasteiger partial charge in [-0.1, -0.05) is 0 Å². The van der Waals surface area contributed by atoms with E-state index in [9.17, 15) is 0 Å². The van der Waals surface area contributed by atoms with Gasteiger partial charge in [-0.2, -0.15) is 11.8 Å². The summed E-state index contributed by atoms with van der Waals surface area (Å²) in [6.07, 6.45) is 2.05. The smallest absolute Gasteiger partial charge is 0.146 e. The highest BCUT2D eigenvalue weighted by Gasteiger charge is 2.23. The summed E-state index contributed by atoms with van der Waals surface area (Å²) in [4.78, 5) is 8.79. The fourth-order valence-corrected chi connectivity index (χ4v) is 1.29. The molecule has 0 spiro atoms. The van der Waals surface area contributed by atoms with Crippen LogP contribution < -0.4 is 5.73 Å². The van der Waals surface area contributed by atoms with E-state index in [4.69, 9.17) is 5.73 Å². The molecule has 1 aromatic rings. The number of thioether (sulfide) groups is 1. The summed E-state index contributed by atoms with van der Waals surface area (Å²) in [7, 11) is 0. The van der Waals surface area contributed by atoms with Crippen LogP contribution in [-0.4, -0.2) is 16.2 Å². The van der Waals surface area contributed by atoms with Gasteiger partial charge >= 0.3 is 0 Å². The van der Waals surface area contributed by atoms with Crippen molar-refractivity contribution in [3.63, 3.8) is 0 Å². The van der Waals surface area contributed by atoms with Gasteiger partial charge in [0.1, 0.15) is 11.6 Å². The molecule has 4 heteroatoms. The molecule has 0 unspecified atom stereocenters. The van der Waals surface area contributed by atoms with Gasteiger partial charge in [-0.25, -0.2) is 9.97 Å². The maximum absolute atomic E-state index is 5.81. The number of nitrogen functional groups attached to an aromatic ring is 1. The summed E-state index contributed by atoms with van der Waals surface area (Å²) >= 11 is 1.72. The van der Waals surface area contributed by atoms with E-state index in [1.165, 1.54) is 0 Å². The van der Waals surface area contributed by atoms with E-state index < -0.39 is 0 Å². The van der Waals surface area contributed by atoms with Crippen LogP contribution in [-0.2, 0) is 4.75 Å².